The molecule has 2 aliphatic heterocycles. The van der Waals surface area contributed by atoms with Crippen LogP contribution >= 0.6 is 0 Å². The highest BCUT2D eigenvalue weighted by atomic mass is 19.4. The first-order chi connectivity index (χ1) is 17.6. The monoisotopic (exact) mass is 511 g/mol. The van der Waals surface area contributed by atoms with Gasteiger partial charge in [0.05, 0.1) is 42.9 Å². The van der Waals surface area contributed by atoms with Gasteiger partial charge in [0.1, 0.15) is 17.1 Å². The van der Waals surface area contributed by atoms with Gasteiger partial charge in [-0.05, 0) is 42.8 Å². The third kappa shape index (κ3) is 4.72. The highest BCUT2D eigenvalue weighted by Gasteiger charge is 2.34. The molecule has 0 atom stereocenters. The van der Waals surface area contributed by atoms with Crippen LogP contribution in [-0.4, -0.2) is 31.8 Å². The van der Waals surface area contributed by atoms with Gasteiger partial charge in [-0.15, -0.1) is 0 Å². The summed E-state index contributed by atoms with van der Waals surface area (Å²) < 4.78 is 75.3. The number of aryl methyl sites for hydroxylation is 1. The number of alkyl halides is 3. The van der Waals surface area contributed by atoms with Crippen molar-refractivity contribution in [2.75, 3.05) is 7.11 Å². The molecule has 6 nitrogen and oxygen atoms in total. The number of nitrogens with zero attached hydrogens (tertiary/aromatic N) is 5. The van der Waals surface area contributed by atoms with Gasteiger partial charge in [0.2, 0.25) is 0 Å². The van der Waals surface area contributed by atoms with E-state index in [0.717, 1.165) is 12.1 Å². The van der Waals surface area contributed by atoms with Crippen LogP contribution in [0.4, 0.5) is 22.0 Å². The lowest BCUT2D eigenvalue weighted by molar-refractivity contribution is -0.137. The predicted molar refractivity (Wildman–Crippen MR) is 125 cm³/mol. The van der Waals surface area contributed by atoms with Crippen LogP contribution in [0.3, 0.4) is 0 Å². The Morgan fingerprint density at radius 3 is 2.38 bits per heavy atom. The van der Waals surface area contributed by atoms with Crippen LogP contribution in [0, 0.1) is 18.6 Å². The van der Waals surface area contributed by atoms with Crippen LogP contribution in [0.2, 0.25) is 0 Å². The zero-order chi connectivity index (χ0) is 26.3. The second kappa shape index (κ2) is 9.23. The number of benzene rings is 2. The second-order valence-corrected chi connectivity index (χ2v) is 8.24. The van der Waals surface area contributed by atoms with Crippen molar-refractivity contribution in [1.82, 2.24) is 24.7 Å². The lowest BCUT2D eigenvalue weighted by atomic mass is 9.97. The average Bonchev–Trinajstić information content (AvgIpc) is 3.28. The highest BCUT2D eigenvalue weighted by Crippen LogP contribution is 2.40. The van der Waals surface area contributed by atoms with E-state index >= 15 is 0 Å². The molecule has 0 N–H and O–H groups in total. The molecule has 2 aliphatic rings. The number of halogens is 5. The maximum atomic E-state index is 14.2. The van der Waals surface area contributed by atoms with Gasteiger partial charge in [-0.25, -0.2) is 18.7 Å². The summed E-state index contributed by atoms with van der Waals surface area (Å²) >= 11 is 0. The fourth-order valence-electron chi connectivity index (χ4n) is 4.02. The van der Waals surface area contributed by atoms with E-state index in [4.69, 9.17) is 4.74 Å². The maximum absolute atomic E-state index is 14.2. The van der Waals surface area contributed by atoms with E-state index in [1.165, 1.54) is 42.3 Å². The number of hydrogen-bond acceptors (Lipinski definition) is 5. The molecule has 3 heterocycles. The molecule has 37 heavy (non-hydrogen) atoms. The van der Waals surface area contributed by atoms with Crippen LogP contribution in [0.15, 0.2) is 60.9 Å². The summed E-state index contributed by atoms with van der Waals surface area (Å²) in [5.41, 5.74) is 1.24. The molecule has 0 saturated heterocycles. The number of fused-ring (bicyclic) bond motifs is 1. The van der Waals surface area contributed by atoms with E-state index in [1.807, 2.05) is 0 Å². The van der Waals surface area contributed by atoms with Gasteiger partial charge in [-0.1, -0.05) is 18.2 Å². The van der Waals surface area contributed by atoms with Crippen LogP contribution in [0.25, 0.3) is 33.9 Å². The molecular weight excluding hydrogens is 493 g/mol. The molecule has 0 unspecified atom stereocenters. The normalized spacial score (nSPS) is 11.8. The van der Waals surface area contributed by atoms with Gasteiger partial charge in [0, 0.05) is 11.3 Å². The molecule has 0 spiro atoms. The molecule has 1 aromatic heterocycles. The summed E-state index contributed by atoms with van der Waals surface area (Å²) in [5.74, 6) is -1.90. The zero-order valence-corrected chi connectivity index (χ0v) is 19.5. The summed E-state index contributed by atoms with van der Waals surface area (Å²) in [6.07, 6.45) is -1.55. The topological polar surface area (TPSA) is 65.7 Å². The molecule has 2 aromatic carbocycles. The van der Waals surface area contributed by atoms with Gasteiger partial charge in [0.25, 0.3) is 0 Å². The Hall–Kier alpha value is -4.41. The third-order valence-corrected chi connectivity index (χ3v) is 5.80. The molecule has 5 rings (SSSR count). The van der Waals surface area contributed by atoms with Crippen LogP contribution in [0.1, 0.15) is 17.0 Å². The lowest BCUT2D eigenvalue weighted by Gasteiger charge is -2.16. The highest BCUT2D eigenvalue weighted by molar-refractivity contribution is 5.71. The molecular formula is C26H18F5N5O. The molecule has 0 fully saturated rings. The van der Waals surface area contributed by atoms with Gasteiger partial charge in [-0.2, -0.15) is 18.3 Å². The zero-order valence-electron chi connectivity index (χ0n) is 19.5. The van der Waals surface area contributed by atoms with Gasteiger partial charge in [-0.3, -0.25) is 9.67 Å². The van der Waals surface area contributed by atoms with Crippen LogP contribution < -0.4 is 4.74 Å². The van der Waals surface area contributed by atoms with Crippen molar-refractivity contribution < 1.29 is 26.7 Å². The molecule has 0 radical (unpaired) electrons. The summed E-state index contributed by atoms with van der Waals surface area (Å²) in [7, 11) is 1.31. The van der Waals surface area contributed by atoms with E-state index in [1.54, 1.807) is 25.3 Å². The molecule has 3 aromatic rings. The van der Waals surface area contributed by atoms with Gasteiger partial charge >= 0.3 is 6.18 Å². The Morgan fingerprint density at radius 2 is 1.65 bits per heavy atom. The SMILES string of the molecule is COc1ccc(-c2ccc(Cn3cc4nc(-c5cccc(F)c5F)nc-4cn3)nc2C)c(C(F)(F)F)c1. The molecule has 0 saturated carbocycles. The van der Waals surface area contributed by atoms with Crippen molar-refractivity contribution in [3.63, 3.8) is 0 Å². The first-order valence-electron chi connectivity index (χ1n) is 11.0. The van der Waals surface area contributed by atoms with Crippen molar-refractivity contribution in [2.45, 2.75) is 19.6 Å². The quantitative estimate of drug-likeness (QED) is 0.264. The van der Waals surface area contributed by atoms with E-state index in [0.29, 0.717) is 28.3 Å². The van der Waals surface area contributed by atoms with Crippen molar-refractivity contribution in [3.05, 3.63) is 89.5 Å². The minimum Gasteiger partial charge on any atom is -0.497 e. The Bertz CT molecular complexity index is 1580. The summed E-state index contributed by atoms with van der Waals surface area (Å²) in [4.78, 5) is 13.0. The fourth-order valence-corrected chi connectivity index (χ4v) is 4.02. The third-order valence-electron chi connectivity index (χ3n) is 5.80. The van der Waals surface area contributed by atoms with Gasteiger partial charge < -0.3 is 4.74 Å². The predicted octanol–water partition coefficient (Wildman–Crippen LogP) is 6.17. The Labute approximate surface area is 207 Å². The first kappa shape index (κ1) is 24.3. The van der Waals surface area contributed by atoms with Crippen molar-refractivity contribution in [2.24, 2.45) is 0 Å². The molecule has 11 heteroatoms. The van der Waals surface area contributed by atoms with E-state index < -0.39 is 23.4 Å². The molecule has 0 amide bonds. The number of aromatic nitrogens is 5. The number of methoxy groups -OCH3 is 1. The Balaban J connectivity index is 1.44. The average molecular weight is 511 g/mol. The van der Waals surface area contributed by atoms with Gasteiger partial charge in [0.15, 0.2) is 17.5 Å². The minimum absolute atomic E-state index is 0.00113. The first-order valence-corrected chi connectivity index (χ1v) is 11.0. The van der Waals surface area contributed by atoms with E-state index in [-0.39, 0.29) is 29.2 Å². The summed E-state index contributed by atoms with van der Waals surface area (Å²) in [6.45, 7) is 1.83. The number of pyridine rings is 1. The van der Waals surface area contributed by atoms with Crippen molar-refractivity contribution in [1.29, 1.82) is 0 Å². The number of ether oxygens (including phenoxy) is 1. The standard InChI is InChI=1S/C26H18F5N5O/c1-14-17(18-9-7-16(37-2)10-20(18)26(29,30)31)8-6-15(33-14)12-36-13-23-22(11-32-36)34-25(35-23)19-4-3-5-21(27)24(19)28/h3-11,13H,12H2,1-2H3. The van der Waals surface area contributed by atoms with Crippen molar-refractivity contribution >= 4 is 0 Å². The Morgan fingerprint density at radius 1 is 0.892 bits per heavy atom. The molecule has 0 aliphatic carbocycles. The fraction of sp³-hybridized carbons (Fsp3) is 0.154. The van der Waals surface area contributed by atoms with Crippen LogP contribution in [-0.2, 0) is 12.7 Å². The maximum Gasteiger partial charge on any atom is 0.417 e. The summed E-state index contributed by atoms with van der Waals surface area (Å²) in [5, 5.41) is 4.27. The number of hydrogen-bond donors (Lipinski definition) is 0. The largest absolute Gasteiger partial charge is 0.497 e. The van der Waals surface area contributed by atoms with E-state index in [9.17, 15) is 22.0 Å². The Kier molecular flexibility index (Phi) is 6.06. The van der Waals surface area contributed by atoms with E-state index in [2.05, 4.69) is 20.1 Å². The minimum atomic E-state index is -4.57. The summed E-state index contributed by atoms with van der Waals surface area (Å²) in [6, 6.07) is 10.8. The number of imidazole rings is 1. The number of rotatable bonds is 5. The van der Waals surface area contributed by atoms with Crippen molar-refractivity contribution in [3.8, 4) is 39.7 Å². The smallest absolute Gasteiger partial charge is 0.417 e. The molecule has 0 bridgehead atoms. The lowest BCUT2D eigenvalue weighted by Crippen LogP contribution is -2.10. The molecule has 188 valence electrons. The van der Waals surface area contributed by atoms with Crippen LogP contribution in [0.5, 0.6) is 5.75 Å². The second-order valence-electron chi connectivity index (χ2n) is 8.24.